The molecular formula is C38H41N5. The van der Waals surface area contributed by atoms with Crippen LogP contribution in [0.2, 0.25) is 0 Å². The summed E-state index contributed by atoms with van der Waals surface area (Å²) in [5, 5.41) is 29.1. The first kappa shape index (κ1) is 33.9. The summed E-state index contributed by atoms with van der Waals surface area (Å²) in [6.07, 6.45) is 7.22. The largest absolute Gasteiger partial charge is 0.309 e. The smallest absolute Gasteiger partial charge is 0.0663 e. The molecular weight excluding hydrogens is 526 g/mol. The van der Waals surface area contributed by atoms with E-state index in [1.54, 1.807) is 6.07 Å². The number of aromatic nitrogens is 1. The zero-order valence-electron chi connectivity index (χ0n) is 26.3. The summed E-state index contributed by atoms with van der Waals surface area (Å²) in [5.41, 5.74) is 7.26. The predicted molar refractivity (Wildman–Crippen MR) is 187 cm³/mol. The predicted octanol–water partition coefficient (Wildman–Crippen LogP) is 10.9. The molecule has 0 atom stereocenters. The summed E-state index contributed by atoms with van der Waals surface area (Å²) >= 11 is 0. The van der Waals surface area contributed by atoms with Gasteiger partial charge in [0.15, 0.2) is 0 Å². The average Bonchev–Trinajstić information content (AvgIpc) is 3.38. The van der Waals surface area contributed by atoms with Gasteiger partial charge in [-0.25, -0.2) is 0 Å². The summed E-state index contributed by atoms with van der Waals surface area (Å²) in [6, 6.07) is 31.4. The lowest BCUT2D eigenvalue weighted by molar-refractivity contribution is 1.18. The van der Waals surface area contributed by atoms with Crippen LogP contribution in [0.1, 0.15) is 66.0 Å². The van der Waals surface area contributed by atoms with Crippen molar-refractivity contribution < 1.29 is 0 Å². The van der Waals surface area contributed by atoms with Gasteiger partial charge < -0.3 is 9.98 Å². The molecule has 0 amide bonds. The van der Waals surface area contributed by atoms with Gasteiger partial charge in [0.2, 0.25) is 0 Å². The van der Waals surface area contributed by atoms with Crippen LogP contribution in [-0.4, -0.2) is 17.0 Å². The molecule has 5 nitrogen and oxygen atoms in total. The van der Waals surface area contributed by atoms with Crippen molar-refractivity contribution in [2.75, 3.05) is 0 Å². The summed E-state index contributed by atoms with van der Waals surface area (Å²) in [5.74, 6) is 0. The van der Waals surface area contributed by atoms with E-state index in [1.807, 2.05) is 72.2 Å². The van der Waals surface area contributed by atoms with Crippen molar-refractivity contribution in [3.63, 3.8) is 0 Å². The van der Waals surface area contributed by atoms with Gasteiger partial charge in [0.1, 0.15) is 0 Å². The van der Waals surface area contributed by atoms with Crippen molar-refractivity contribution in [1.29, 1.82) is 15.9 Å². The van der Waals surface area contributed by atoms with Gasteiger partial charge in [-0.1, -0.05) is 102 Å². The maximum Gasteiger partial charge on any atom is 0.0663 e. The Kier molecular flexibility index (Phi) is 13.8. The second-order valence-electron chi connectivity index (χ2n) is 8.52. The van der Waals surface area contributed by atoms with Crippen LogP contribution in [-0.2, 0) is 0 Å². The van der Waals surface area contributed by atoms with Gasteiger partial charge in [0.25, 0.3) is 0 Å². The molecule has 4 aromatic carbocycles. The van der Waals surface area contributed by atoms with Crippen LogP contribution in [0.3, 0.4) is 0 Å². The molecule has 0 saturated carbocycles. The molecule has 0 bridgehead atoms. The summed E-state index contributed by atoms with van der Waals surface area (Å²) in [7, 11) is 0. The average molecular weight is 568 g/mol. The van der Waals surface area contributed by atoms with E-state index >= 15 is 0 Å². The van der Waals surface area contributed by atoms with Gasteiger partial charge >= 0.3 is 0 Å². The maximum atomic E-state index is 9.14. The Morgan fingerprint density at radius 1 is 0.814 bits per heavy atom. The van der Waals surface area contributed by atoms with Crippen LogP contribution in [0.15, 0.2) is 96.1 Å². The molecule has 0 spiro atoms. The van der Waals surface area contributed by atoms with Gasteiger partial charge in [-0.2, -0.15) is 10.5 Å². The minimum atomic E-state index is 0.263. The van der Waals surface area contributed by atoms with Crippen molar-refractivity contribution in [2.45, 2.75) is 54.9 Å². The fourth-order valence-electron chi connectivity index (χ4n) is 4.85. The molecule has 0 aliphatic carbocycles. The first-order valence-corrected chi connectivity index (χ1v) is 14.9. The minimum Gasteiger partial charge on any atom is -0.309 e. The van der Waals surface area contributed by atoms with Crippen molar-refractivity contribution in [3.8, 4) is 17.8 Å². The third kappa shape index (κ3) is 7.15. The van der Waals surface area contributed by atoms with Crippen LogP contribution >= 0.6 is 0 Å². The molecule has 0 saturated heterocycles. The number of allylic oxidation sites excluding steroid dienone is 3. The molecule has 1 aliphatic heterocycles. The molecule has 1 aromatic heterocycles. The lowest BCUT2D eigenvalue weighted by atomic mass is 9.94. The number of fused-ring (bicyclic) bond motifs is 5. The molecule has 0 radical (unpaired) electrons. The second-order valence-corrected chi connectivity index (χ2v) is 8.52. The van der Waals surface area contributed by atoms with E-state index in [1.165, 1.54) is 23.9 Å². The van der Waals surface area contributed by atoms with E-state index in [0.29, 0.717) is 0 Å². The van der Waals surface area contributed by atoms with E-state index < -0.39 is 0 Å². The van der Waals surface area contributed by atoms with E-state index in [2.05, 4.69) is 82.4 Å². The maximum absolute atomic E-state index is 9.14. The van der Waals surface area contributed by atoms with Crippen LogP contribution in [0.5, 0.6) is 0 Å². The van der Waals surface area contributed by atoms with E-state index in [0.717, 1.165) is 49.8 Å². The monoisotopic (exact) mass is 567 g/mol. The van der Waals surface area contributed by atoms with Crippen molar-refractivity contribution in [2.24, 2.45) is 4.99 Å². The lowest BCUT2D eigenvalue weighted by Gasteiger charge is -2.12. The highest BCUT2D eigenvalue weighted by molar-refractivity contribution is 6.26. The Balaban J connectivity index is 0.000000654. The van der Waals surface area contributed by atoms with Gasteiger partial charge in [0, 0.05) is 47.6 Å². The minimum absolute atomic E-state index is 0.263. The molecule has 218 valence electrons. The Labute approximate surface area is 256 Å². The second kappa shape index (κ2) is 17.5. The number of para-hydroxylation sites is 1. The zero-order chi connectivity index (χ0) is 31.8. The topological polar surface area (TPSA) is 88.7 Å². The molecule has 6 rings (SSSR count). The molecule has 5 aromatic rings. The highest BCUT2D eigenvalue weighted by atomic mass is 15.0. The van der Waals surface area contributed by atoms with E-state index in [9.17, 15) is 0 Å². The SMILES string of the molecule is CC.CC.CC.CC#N.N#CC/C=C(\C=N)c1cc2c(c3ccccc13)c1ccc(C3=CN=C3)cc1n2-c1ccccc1. The lowest BCUT2D eigenvalue weighted by Crippen LogP contribution is -1.97. The molecule has 0 unspecified atom stereocenters. The molecule has 2 heterocycles. The number of nitrogens with one attached hydrogen (secondary N) is 1. The Morgan fingerprint density at radius 3 is 1.98 bits per heavy atom. The standard InChI is InChI=1S/C30H20N4.C2H3N.3C2H6/c31-14-6-7-21(17-32)27-16-29-30(25-11-5-4-10-24(25)27)26-13-12-20(22-18-33-19-22)15-28(26)34(29)23-8-2-1-3-9-23;1-2-3;3*1-2/h1-5,7-13,15-19,32H,6H2;1H3;3*1-2H3/b21-7+,32-17?;;;;. The van der Waals surface area contributed by atoms with Gasteiger partial charge in [-0.05, 0) is 51.7 Å². The number of aliphatic imine (C=N–C) groups is 1. The Bertz CT molecular complexity index is 1840. The summed E-state index contributed by atoms with van der Waals surface area (Å²) < 4.78 is 2.30. The fourth-order valence-corrected chi connectivity index (χ4v) is 4.85. The first-order valence-electron chi connectivity index (χ1n) is 14.9. The fraction of sp³-hybridized carbons (Fsp3) is 0.211. The number of nitrogens with zero attached hydrogens (tertiary/aromatic N) is 4. The van der Waals surface area contributed by atoms with Crippen LogP contribution in [0.25, 0.3) is 49.4 Å². The van der Waals surface area contributed by atoms with E-state index in [-0.39, 0.29) is 6.42 Å². The molecule has 43 heavy (non-hydrogen) atoms. The third-order valence-electron chi connectivity index (χ3n) is 6.43. The number of rotatable bonds is 5. The molecule has 1 N–H and O–H groups in total. The normalized spacial score (nSPS) is 11.0. The summed E-state index contributed by atoms with van der Waals surface area (Å²) in [4.78, 5) is 4.14. The Morgan fingerprint density at radius 2 is 1.42 bits per heavy atom. The van der Waals surface area contributed by atoms with E-state index in [4.69, 9.17) is 15.9 Å². The number of hydrogen-bond acceptors (Lipinski definition) is 4. The molecule has 1 aliphatic rings. The number of nitriles is 2. The zero-order valence-corrected chi connectivity index (χ0v) is 26.3. The van der Waals surface area contributed by atoms with Crippen LogP contribution in [0, 0.1) is 28.1 Å². The first-order chi connectivity index (χ1) is 21.2. The van der Waals surface area contributed by atoms with Gasteiger partial charge in [-0.15, -0.1) is 0 Å². The Hall–Kier alpha value is -5.26. The van der Waals surface area contributed by atoms with Crippen molar-refractivity contribution in [3.05, 3.63) is 102 Å². The van der Waals surface area contributed by atoms with Gasteiger partial charge in [0.05, 0.1) is 29.6 Å². The summed E-state index contributed by atoms with van der Waals surface area (Å²) in [6.45, 7) is 13.4. The number of benzene rings is 4. The molecule has 5 heteroatoms. The number of hydrogen-bond donors (Lipinski definition) is 1. The van der Waals surface area contributed by atoms with Crippen molar-refractivity contribution in [1.82, 2.24) is 4.57 Å². The van der Waals surface area contributed by atoms with Crippen LogP contribution < -0.4 is 0 Å². The molecule has 0 fully saturated rings. The van der Waals surface area contributed by atoms with Crippen LogP contribution in [0.4, 0.5) is 0 Å². The quantitative estimate of drug-likeness (QED) is 0.214. The van der Waals surface area contributed by atoms with Gasteiger partial charge in [-0.3, -0.25) is 4.99 Å². The third-order valence-corrected chi connectivity index (χ3v) is 6.43. The highest BCUT2D eigenvalue weighted by Crippen LogP contribution is 2.40. The van der Waals surface area contributed by atoms with Crippen molar-refractivity contribution >= 4 is 56.2 Å². The highest BCUT2D eigenvalue weighted by Gasteiger charge is 2.19.